The Bertz CT molecular complexity index is 289. The van der Waals surface area contributed by atoms with E-state index in [4.69, 9.17) is 4.74 Å². The van der Waals surface area contributed by atoms with Crippen molar-refractivity contribution < 1.29 is 19.2 Å². The van der Waals surface area contributed by atoms with E-state index in [1.165, 1.54) is 0 Å². The standard InChI is InChI=1S/C8H12N2O5/c1-2-14-8(11)6(10(12)13)7-9-4-3-5-15-7/h6H,2-5H2,1H3. The minimum atomic E-state index is -1.62. The molecule has 0 bridgehead atoms. The Morgan fingerprint density at radius 1 is 1.80 bits per heavy atom. The van der Waals surface area contributed by atoms with E-state index in [-0.39, 0.29) is 12.5 Å². The summed E-state index contributed by atoms with van der Waals surface area (Å²) >= 11 is 0. The summed E-state index contributed by atoms with van der Waals surface area (Å²) in [6, 6.07) is -1.62. The molecule has 0 spiro atoms. The van der Waals surface area contributed by atoms with E-state index < -0.39 is 16.9 Å². The van der Waals surface area contributed by atoms with E-state index in [9.17, 15) is 14.9 Å². The molecule has 0 saturated carbocycles. The van der Waals surface area contributed by atoms with Gasteiger partial charge in [-0.05, 0) is 6.92 Å². The lowest BCUT2D eigenvalue weighted by atomic mass is 10.3. The van der Waals surface area contributed by atoms with Crippen LogP contribution in [0, 0.1) is 10.1 Å². The molecule has 0 aromatic heterocycles. The second kappa shape index (κ2) is 5.28. The Balaban J connectivity index is 2.77. The fraction of sp³-hybridized carbons (Fsp3) is 0.750. The van der Waals surface area contributed by atoms with Gasteiger partial charge in [0.1, 0.15) is 0 Å². The van der Waals surface area contributed by atoms with Crippen LogP contribution in [-0.4, -0.2) is 42.6 Å². The van der Waals surface area contributed by atoms with Crippen LogP contribution in [0.2, 0.25) is 0 Å². The maximum atomic E-state index is 11.3. The number of aliphatic imine (C=N–C) groups is 1. The molecule has 0 fully saturated rings. The molecule has 1 rings (SSSR count). The van der Waals surface area contributed by atoms with Crippen LogP contribution in [0.15, 0.2) is 4.99 Å². The quantitative estimate of drug-likeness (QED) is 0.375. The second-order valence-corrected chi connectivity index (χ2v) is 2.86. The van der Waals surface area contributed by atoms with Gasteiger partial charge in [-0.15, -0.1) is 0 Å². The van der Waals surface area contributed by atoms with Crippen molar-refractivity contribution in [2.75, 3.05) is 19.8 Å². The predicted octanol–water partition coefficient (Wildman–Crippen LogP) is 0.0136. The fourth-order valence-electron chi connectivity index (χ4n) is 1.14. The lowest BCUT2D eigenvalue weighted by Gasteiger charge is -2.15. The average molecular weight is 216 g/mol. The summed E-state index contributed by atoms with van der Waals surface area (Å²) in [6.45, 7) is 2.47. The van der Waals surface area contributed by atoms with Crippen LogP contribution in [0.3, 0.4) is 0 Å². The zero-order valence-electron chi connectivity index (χ0n) is 8.34. The average Bonchev–Trinajstić information content (AvgIpc) is 2.19. The zero-order chi connectivity index (χ0) is 11.3. The van der Waals surface area contributed by atoms with Crippen LogP contribution < -0.4 is 0 Å². The number of hydrogen-bond acceptors (Lipinski definition) is 6. The van der Waals surface area contributed by atoms with E-state index in [1.807, 2.05) is 0 Å². The fourth-order valence-corrected chi connectivity index (χ4v) is 1.14. The molecule has 0 amide bonds. The number of rotatable bonds is 4. The first-order valence-electron chi connectivity index (χ1n) is 4.64. The van der Waals surface area contributed by atoms with Crippen molar-refractivity contribution in [2.45, 2.75) is 19.4 Å². The van der Waals surface area contributed by atoms with Gasteiger partial charge in [-0.2, -0.15) is 0 Å². The Morgan fingerprint density at radius 2 is 2.53 bits per heavy atom. The van der Waals surface area contributed by atoms with Crippen LogP contribution in [0.4, 0.5) is 0 Å². The summed E-state index contributed by atoms with van der Waals surface area (Å²) in [6.07, 6.45) is 0.705. The predicted molar refractivity (Wildman–Crippen MR) is 50.3 cm³/mol. The minimum absolute atomic E-state index is 0.0937. The monoisotopic (exact) mass is 216 g/mol. The van der Waals surface area contributed by atoms with Crippen LogP contribution in [0.5, 0.6) is 0 Å². The first-order chi connectivity index (χ1) is 7.16. The molecule has 0 aromatic carbocycles. The third-order valence-electron chi connectivity index (χ3n) is 1.77. The van der Waals surface area contributed by atoms with Crippen LogP contribution >= 0.6 is 0 Å². The Kier molecular flexibility index (Phi) is 4.02. The molecule has 0 aromatic rings. The summed E-state index contributed by atoms with van der Waals surface area (Å²) in [5.41, 5.74) is 0. The highest BCUT2D eigenvalue weighted by atomic mass is 16.6. The van der Waals surface area contributed by atoms with E-state index in [1.54, 1.807) is 6.92 Å². The highest BCUT2D eigenvalue weighted by Crippen LogP contribution is 2.05. The zero-order valence-corrected chi connectivity index (χ0v) is 8.34. The Labute approximate surface area is 86.2 Å². The van der Waals surface area contributed by atoms with Crippen molar-refractivity contribution in [1.82, 2.24) is 0 Å². The molecule has 1 aliphatic rings. The lowest BCUT2D eigenvalue weighted by Crippen LogP contribution is -2.41. The van der Waals surface area contributed by atoms with Gasteiger partial charge in [-0.25, -0.2) is 9.79 Å². The molecule has 7 heteroatoms. The molecule has 0 radical (unpaired) electrons. The molecular formula is C8H12N2O5. The Hall–Kier alpha value is -1.66. The van der Waals surface area contributed by atoms with Gasteiger partial charge in [0.25, 0.3) is 5.90 Å². The molecule has 84 valence electrons. The molecule has 1 aliphatic heterocycles. The number of carbonyl (C=O) groups is 1. The maximum Gasteiger partial charge on any atom is 0.391 e. The highest BCUT2D eigenvalue weighted by molar-refractivity contribution is 6.00. The molecule has 0 N–H and O–H groups in total. The van der Waals surface area contributed by atoms with E-state index >= 15 is 0 Å². The van der Waals surface area contributed by atoms with Crippen molar-refractivity contribution in [3.63, 3.8) is 0 Å². The molecular weight excluding hydrogens is 204 g/mol. The van der Waals surface area contributed by atoms with Crippen molar-refractivity contribution in [2.24, 2.45) is 4.99 Å². The van der Waals surface area contributed by atoms with Crippen LogP contribution in [0.25, 0.3) is 0 Å². The van der Waals surface area contributed by atoms with E-state index in [0.717, 1.165) is 0 Å². The van der Waals surface area contributed by atoms with Gasteiger partial charge in [0.05, 0.1) is 13.2 Å². The molecule has 1 heterocycles. The molecule has 15 heavy (non-hydrogen) atoms. The highest BCUT2D eigenvalue weighted by Gasteiger charge is 2.39. The van der Waals surface area contributed by atoms with Crippen LogP contribution in [-0.2, 0) is 14.3 Å². The SMILES string of the molecule is CCOC(=O)C(C1=NCCCO1)[N+](=O)[O-]. The number of ether oxygens (including phenoxy) is 2. The topological polar surface area (TPSA) is 91.0 Å². The number of nitrogens with zero attached hydrogens (tertiary/aromatic N) is 2. The van der Waals surface area contributed by atoms with Crippen molar-refractivity contribution in [1.29, 1.82) is 0 Å². The second-order valence-electron chi connectivity index (χ2n) is 2.86. The number of esters is 1. The van der Waals surface area contributed by atoms with E-state index in [2.05, 4.69) is 9.73 Å². The van der Waals surface area contributed by atoms with Crippen molar-refractivity contribution in [3.8, 4) is 0 Å². The minimum Gasteiger partial charge on any atom is -0.476 e. The molecule has 1 atom stereocenters. The lowest BCUT2D eigenvalue weighted by molar-refractivity contribution is -0.494. The normalized spacial score (nSPS) is 17.3. The van der Waals surface area contributed by atoms with Gasteiger partial charge in [-0.3, -0.25) is 10.1 Å². The molecule has 1 unspecified atom stereocenters. The maximum absolute atomic E-state index is 11.3. The van der Waals surface area contributed by atoms with E-state index in [0.29, 0.717) is 19.6 Å². The largest absolute Gasteiger partial charge is 0.476 e. The molecule has 7 nitrogen and oxygen atoms in total. The smallest absolute Gasteiger partial charge is 0.391 e. The summed E-state index contributed by atoms with van der Waals surface area (Å²) in [5, 5.41) is 10.7. The third-order valence-corrected chi connectivity index (χ3v) is 1.77. The first-order valence-corrected chi connectivity index (χ1v) is 4.64. The summed E-state index contributed by atoms with van der Waals surface area (Å²) in [4.78, 5) is 25.0. The summed E-state index contributed by atoms with van der Waals surface area (Å²) < 4.78 is 9.55. The summed E-state index contributed by atoms with van der Waals surface area (Å²) in [7, 11) is 0. The van der Waals surface area contributed by atoms with Gasteiger partial charge in [0.15, 0.2) is 0 Å². The van der Waals surface area contributed by atoms with Gasteiger partial charge < -0.3 is 9.47 Å². The van der Waals surface area contributed by atoms with Crippen molar-refractivity contribution in [3.05, 3.63) is 10.1 Å². The molecule has 0 saturated heterocycles. The number of carbonyl (C=O) groups excluding carboxylic acids is 1. The molecule has 0 aliphatic carbocycles. The van der Waals surface area contributed by atoms with Gasteiger partial charge in [0, 0.05) is 17.9 Å². The third kappa shape index (κ3) is 2.90. The van der Waals surface area contributed by atoms with Gasteiger partial charge >= 0.3 is 12.0 Å². The number of hydrogen-bond donors (Lipinski definition) is 0. The van der Waals surface area contributed by atoms with Gasteiger partial charge in [0.2, 0.25) is 0 Å². The van der Waals surface area contributed by atoms with Gasteiger partial charge in [-0.1, -0.05) is 0 Å². The van der Waals surface area contributed by atoms with Crippen LogP contribution in [0.1, 0.15) is 13.3 Å². The van der Waals surface area contributed by atoms with Crippen molar-refractivity contribution >= 4 is 11.9 Å². The Morgan fingerprint density at radius 3 is 3.00 bits per heavy atom. The summed E-state index contributed by atoms with van der Waals surface area (Å²) in [5.74, 6) is -1.08. The first kappa shape index (κ1) is 11.4. The number of nitro groups is 1.